The molecule has 1 saturated heterocycles. The Hall–Kier alpha value is 0.270. The molecule has 0 aliphatic carbocycles. The first-order valence-corrected chi connectivity index (χ1v) is 9.18. The molecular formula is C15H32N2S. The van der Waals surface area contributed by atoms with Crippen LogP contribution in [0.5, 0.6) is 0 Å². The van der Waals surface area contributed by atoms with Crippen LogP contribution >= 0.6 is 11.8 Å². The lowest BCUT2D eigenvalue weighted by molar-refractivity contribution is 0.313. The van der Waals surface area contributed by atoms with E-state index in [0.717, 1.165) is 5.92 Å². The first-order chi connectivity index (χ1) is 8.86. The Labute approximate surface area is 118 Å². The zero-order chi connectivity index (χ0) is 13.1. The minimum absolute atomic E-state index is 0.910. The number of nitrogens with zero attached hydrogens (tertiary/aromatic N) is 1. The van der Waals surface area contributed by atoms with Crippen LogP contribution in [-0.4, -0.2) is 49.6 Å². The van der Waals surface area contributed by atoms with Crippen LogP contribution in [0, 0.1) is 5.92 Å². The third-order valence-corrected chi connectivity index (χ3v) is 4.50. The third-order valence-electron chi connectivity index (χ3n) is 3.80. The molecular weight excluding hydrogens is 240 g/mol. The van der Waals surface area contributed by atoms with E-state index in [1.54, 1.807) is 0 Å². The minimum Gasteiger partial charge on any atom is -0.316 e. The highest BCUT2D eigenvalue weighted by molar-refractivity contribution is 7.98. The van der Waals surface area contributed by atoms with E-state index in [0.29, 0.717) is 0 Å². The fourth-order valence-corrected chi connectivity index (χ4v) is 3.19. The van der Waals surface area contributed by atoms with Gasteiger partial charge in [0.25, 0.3) is 0 Å². The van der Waals surface area contributed by atoms with E-state index in [9.17, 15) is 0 Å². The number of thioether (sulfide) groups is 1. The van der Waals surface area contributed by atoms with Gasteiger partial charge in [0, 0.05) is 6.54 Å². The molecule has 1 rings (SSSR count). The molecule has 108 valence electrons. The van der Waals surface area contributed by atoms with Gasteiger partial charge in [0.1, 0.15) is 0 Å². The third kappa shape index (κ3) is 7.65. The summed E-state index contributed by atoms with van der Waals surface area (Å²) >= 11 is 1.98. The Bertz CT molecular complexity index is 187. The van der Waals surface area contributed by atoms with Gasteiger partial charge in [0.2, 0.25) is 0 Å². The summed E-state index contributed by atoms with van der Waals surface area (Å²) in [7, 11) is 0. The molecule has 1 unspecified atom stereocenters. The Morgan fingerprint density at radius 1 is 1.22 bits per heavy atom. The Kier molecular flexibility index (Phi) is 10.1. The van der Waals surface area contributed by atoms with Crippen molar-refractivity contribution in [2.45, 2.75) is 45.4 Å². The average molecular weight is 273 g/mol. The molecule has 18 heavy (non-hydrogen) atoms. The molecule has 1 N–H and O–H groups in total. The van der Waals surface area contributed by atoms with Crippen molar-refractivity contribution in [1.82, 2.24) is 10.2 Å². The van der Waals surface area contributed by atoms with Crippen LogP contribution in [0.1, 0.15) is 45.4 Å². The molecule has 0 spiro atoms. The van der Waals surface area contributed by atoms with Crippen molar-refractivity contribution >= 4 is 11.8 Å². The highest BCUT2D eigenvalue weighted by Gasteiger charge is 2.21. The van der Waals surface area contributed by atoms with Crippen LogP contribution in [0.4, 0.5) is 0 Å². The summed E-state index contributed by atoms with van der Waals surface area (Å²) in [5.74, 6) is 2.25. The second-order valence-electron chi connectivity index (χ2n) is 5.57. The predicted molar refractivity (Wildman–Crippen MR) is 84.6 cm³/mol. The van der Waals surface area contributed by atoms with Crippen LogP contribution in [0.25, 0.3) is 0 Å². The van der Waals surface area contributed by atoms with Crippen molar-refractivity contribution in [2.24, 2.45) is 5.92 Å². The van der Waals surface area contributed by atoms with Gasteiger partial charge >= 0.3 is 0 Å². The molecule has 0 aromatic rings. The lowest BCUT2D eigenvalue weighted by Crippen LogP contribution is -2.27. The Morgan fingerprint density at radius 2 is 2.06 bits per heavy atom. The van der Waals surface area contributed by atoms with Crippen LogP contribution in [0.15, 0.2) is 0 Å². The van der Waals surface area contributed by atoms with Crippen LogP contribution < -0.4 is 5.32 Å². The van der Waals surface area contributed by atoms with Crippen LogP contribution in [-0.2, 0) is 0 Å². The van der Waals surface area contributed by atoms with E-state index in [1.165, 1.54) is 77.0 Å². The zero-order valence-corrected chi connectivity index (χ0v) is 13.2. The minimum atomic E-state index is 0.910. The van der Waals surface area contributed by atoms with Crippen molar-refractivity contribution in [2.75, 3.05) is 44.7 Å². The number of hydrogen-bond acceptors (Lipinski definition) is 3. The second kappa shape index (κ2) is 11.1. The van der Waals surface area contributed by atoms with Gasteiger partial charge in [-0.15, -0.1) is 0 Å². The van der Waals surface area contributed by atoms with Gasteiger partial charge < -0.3 is 10.2 Å². The number of likely N-dealkylation sites (tertiary alicyclic amines) is 1. The first kappa shape index (κ1) is 16.3. The van der Waals surface area contributed by atoms with E-state index in [-0.39, 0.29) is 0 Å². The van der Waals surface area contributed by atoms with E-state index in [1.807, 2.05) is 11.8 Å². The van der Waals surface area contributed by atoms with Crippen LogP contribution in [0.3, 0.4) is 0 Å². The summed E-state index contributed by atoms with van der Waals surface area (Å²) in [6, 6.07) is 0. The van der Waals surface area contributed by atoms with E-state index >= 15 is 0 Å². The lowest BCUT2D eigenvalue weighted by atomic mass is 10.1. The summed E-state index contributed by atoms with van der Waals surface area (Å²) in [5.41, 5.74) is 0. The van der Waals surface area contributed by atoms with Gasteiger partial charge in [-0.2, -0.15) is 11.8 Å². The summed E-state index contributed by atoms with van der Waals surface area (Å²) in [6.07, 6.45) is 10.5. The second-order valence-corrected chi connectivity index (χ2v) is 6.55. The molecule has 3 heteroatoms. The molecule has 0 saturated carbocycles. The smallest absolute Gasteiger partial charge is 0.00223 e. The largest absolute Gasteiger partial charge is 0.316 e. The first-order valence-electron chi connectivity index (χ1n) is 7.78. The quantitative estimate of drug-likeness (QED) is 0.581. The number of rotatable bonds is 11. The zero-order valence-electron chi connectivity index (χ0n) is 12.4. The fourth-order valence-electron chi connectivity index (χ4n) is 2.70. The summed E-state index contributed by atoms with van der Waals surface area (Å²) in [4.78, 5) is 2.67. The molecule has 0 aromatic carbocycles. The predicted octanol–water partition coefficient (Wildman–Crippen LogP) is 3.23. The van der Waals surface area contributed by atoms with Gasteiger partial charge in [0.05, 0.1) is 0 Å². The molecule has 1 heterocycles. The monoisotopic (exact) mass is 272 g/mol. The van der Waals surface area contributed by atoms with E-state index in [4.69, 9.17) is 0 Å². The Morgan fingerprint density at radius 3 is 2.83 bits per heavy atom. The van der Waals surface area contributed by atoms with Gasteiger partial charge in [-0.1, -0.05) is 19.8 Å². The van der Waals surface area contributed by atoms with Gasteiger partial charge in [-0.05, 0) is 69.8 Å². The number of nitrogens with one attached hydrogen (secondary N) is 1. The van der Waals surface area contributed by atoms with Gasteiger partial charge in [-0.25, -0.2) is 0 Å². The topological polar surface area (TPSA) is 15.3 Å². The highest BCUT2D eigenvalue weighted by Crippen LogP contribution is 2.16. The number of unbranched alkanes of at least 4 members (excludes halogenated alkanes) is 3. The molecule has 0 aromatic heterocycles. The van der Waals surface area contributed by atoms with Crippen molar-refractivity contribution in [3.8, 4) is 0 Å². The lowest BCUT2D eigenvalue weighted by Gasteiger charge is -2.16. The maximum absolute atomic E-state index is 3.56. The average Bonchev–Trinajstić information content (AvgIpc) is 2.82. The summed E-state index contributed by atoms with van der Waals surface area (Å²) in [6.45, 7) is 8.67. The van der Waals surface area contributed by atoms with Crippen molar-refractivity contribution < 1.29 is 0 Å². The van der Waals surface area contributed by atoms with Crippen molar-refractivity contribution in [3.63, 3.8) is 0 Å². The summed E-state index contributed by atoms with van der Waals surface area (Å²) in [5, 5.41) is 3.56. The molecule has 0 radical (unpaired) electrons. The Balaban J connectivity index is 1.91. The molecule has 1 aliphatic rings. The molecule has 2 nitrogen and oxygen atoms in total. The summed E-state index contributed by atoms with van der Waals surface area (Å²) < 4.78 is 0. The van der Waals surface area contributed by atoms with Gasteiger partial charge in [-0.3, -0.25) is 0 Å². The molecule has 0 bridgehead atoms. The molecule has 1 aliphatic heterocycles. The van der Waals surface area contributed by atoms with Crippen molar-refractivity contribution in [1.29, 1.82) is 0 Å². The highest BCUT2D eigenvalue weighted by atomic mass is 32.2. The molecule has 1 atom stereocenters. The van der Waals surface area contributed by atoms with E-state index in [2.05, 4.69) is 23.4 Å². The normalized spacial score (nSPS) is 20.7. The standard InChI is InChI=1S/C15H32N2S/c1-3-9-16-13-15-8-11-17(14-15)10-6-4-5-7-12-18-2/h15-16H,3-14H2,1-2H3. The maximum Gasteiger partial charge on any atom is 0.00223 e. The SMILES string of the molecule is CCCNCC1CCN(CCCCCCSC)C1. The molecule has 1 fully saturated rings. The fraction of sp³-hybridized carbons (Fsp3) is 1.00. The maximum atomic E-state index is 3.56. The van der Waals surface area contributed by atoms with Gasteiger partial charge in [0.15, 0.2) is 0 Å². The van der Waals surface area contributed by atoms with Crippen LogP contribution in [0.2, 0.25) is 0 Å². The van der Waals surface area contributed by atoms with Crippen molar-refractivity contribution in [3.05, 3.63) is 0 Å². The molecule has 0 amide bonds. The van der Waals surface area contributed by atoms with E-state index < -0.39 is 0 Å². The number of hydrogen-bond donors (Lipinski definition) is 1.